The van der Waals surface area contributed by atoms with E-state index in [0.29, 0.717) is 11.8 Å². The number of halogens is 1. The average molecular weight is 275 g/mol. The van der Waals surface area contributed by atoms with Crippen molar-refractivity contribution in [3.05, 3.63) is 0 Å². The number of carbonyl (C=O) groups excluding carboxylic acids is 1. The Morgan fingerprint density at radius 3 is 2.39 bits per heavy atom. The molecule has 0 saturated carbocycles. The topological polar surface area (TPSA) is 23.6 Å². The van der Waals surface area contributed by atoms with E-state index >= 15 is 0 Å². The van der Waals surface area contributed by atoms with Crippen LogP contribution in [0.3, 0.4) is 0 Å². The molecule has 0 aromatic heterocycles. The van der Waals surface area contributed by atoms with Gasteiger partial charge in [-0.3, -0.25) is 9.69 Å². The molecular formula is C14H27ClN2O. The maximum atomic E-state index is 12.4. The molecule has 0 radical (unpaired) electrons. The van der Waals surface area contributed by atoms with Gasteiger partial charge in [-0.2, -0.15) is 0 Å². The van der Waals surface area contributed by atoms with Crippen molar-refractivity contribution in [1.82, 2.24) is 9.80 Å². The third-order valence-electron chi connectivity index (χ3n) is 3.83. The molecule has 0 aromatic rings. The highest BCUT2D eigenvalue weighted by Gasteiger charge is 2.25. The molecule has 1 aliphatic rings. The van der Waals surface area contributed by atoms with Crippen LogP contribution in [-0.4, -0.2) is 54.3 Å². The van der Waals surface area contributed by atoms with Gasteiger partial charge in [0.2, 0.25) is 5.91 Å². The maximum absolute atomic E-state index is 12.4. The summed E-state index contributed by atoms with van der Waals surface area (Å²) < 4.78 is 0. The number of hydrogen-bond donors (Lipinski definition) is 0. The van der Waals surface area contributed by atoms with Crippen LogP contribution in [0.1, 0.15) is 39.5 Å². The van der Waals surface area contributed by atoms with Crippen LogP contribution in [0.15, 0.2) is 0 Å². The normalized spacial score (nSPS) is 18.9. The third-order valence-corrected chi connectivity index (χ3v) is 4.00. The molecule has 1 atom stereocenters. The third kappa shape index (κ3) is 4.77. The summed E-state index contributed by atoms with van der Waals surface area (Å²) in [5.74, 6) is 1.29. The van der Waals surface area contributed by atoms with E-state index in [0.717, 1.165) is 52.0 Å². The van der Waals surface area contributed by atoms with Crippen LogP contribution in [-0.2, 0) is 4.79 Å². The summed E-state index contributed by atoms with van der Waals surface area (Å²) in [5.41, 5.74) is 0. The van der Waals surface area contributed by atoms with E-state index in [1.54, 1.807) is 0 Å². The fourth-order valence-electron chi connectivity index (χ4n) is 2.52. The SMILES string of the molecule is CCCCC(CC)C(=O)N1CCN(CCCl)CC1. The van der Waals surface area contributed by atoms with Crippen LogP contribution in [0.5, 0.6) is 0 Å². The number of alkyl halides is 1. The van der Waals surface area contributed by atoms with Crippen molar-refractivity contribution in [2.75, 3.05) is 38.6 Å². The van der Waals surface area contributed by atoms with Gasteiger partial charge in [-0.1, -0.05) is 26.7 Å². The Morgan fingerprint density at radius 2 is 1.89 bits per heavy atom. The van der Waals surface area contributed by atoms with E-state index in [9.17, 15) is 4.79 Å². The van der Waals surface area contributed by atoms with Crippen molar-refractivity contribution in [2.24, 2.45) is 5.92 Å². The van der Waals surface area contributed by atoms with Crippen LogP contribution >= 0.6 is 11.6 Å². The molecule has 1 unspecified atom stereocenters. The first-order valence-corrected chi connectivity index (χ1v) is 7.83. The smallest absolute Gasteiger partial charge is 0.225 e. The highest BCUT2D eigenvalue weighted by Crippen LogP contribution is 2.17. The van der Waals surface area contributed by atoms with Gasteiger partial charge in [0.05, 0.1) is 0 Å². The number of nitrogens with zero attached hydrogens (tertiary/aromatic N) is 2. The zero-order valence-corrected chi connectivity index (χ0v) is 12.6. The first kappa shape index (κ1) is 15.8. The van der Waals surface area contributed by atoms with E-state index < -0.39 is 0 Å². The van der Waals surface area contributed by atoms with Crippen LogP contribution in [0.4, 0.5) is 0 Å². The molecule has 0 aliphatic carbocycles. The second kappa shape index (κ2) is 8.76. The zero-order chi connectivity index (χ0) is 13.4. The molecule has 1 rings (SSSR count). The molecule has 1 amide bonds. The second-order valence-corrected chi connectivity index (χ2v) is 5.48. The van der Waals surface area contributed by atoms with Gasteiger partial charge in [0, 0.05) is 44.5 Å². The first-order chi connectivity index (χ1) is 8.72. The van der Waals surface area contributed by atoms with Gasteiger partial charge < -0.3 is 4.90 Å². The molecule has 3 nitrogen and oxygen atoms in total. The minimum Gasteiger partial charge on any atom is -0.340 e. The Balaban J connectivity index is 2.37. The van der Waals surface area contributed by atoms with Crippen molar-refractivity contribution >= 4 is 17.5 Å². The van der Waals surface area contributed by atoms with Gasteiger partial charge in [0.1, 0.15) is 0 Å². The lowest BCUT2D eigenvalue weighted by molar-refractivity contribution is -0.137. The van der Waals surface area contributed by atoms with E-state index in [4.69, 9.17) is 11.6 Å². The molecule has 4 heteroatoms. The van der Waals surface area contributed by atoms with Crippen LogP contribution < -0.4 is 0 Å². The van der Waals surface area contributed by atoms with Crippen molar-refractivity contribution in [2.45, 2.75) is 39.5 Å². The summed E-state index contributed by atoms with van der Waals surface area (Å²) >= 11 is 5.74. The molecular weight excluding hydrogens is 248 g/mol. The summed E-state index contributed by atoms with van der Waals surface area (Å²) in [6, 6.07) is 0. The number of rotatable bonds is 7. The van der Waals surface area contributed by atoms with Crippen LogP contribution in [0.2, 0.25) is 0 Å². The first-order valence-electron chi connectivity index (χ1n) is 7.30. The molecule has 18 heavy (non-hydrogen) atoms. The predicted molar refractivity (Wildman–Crippen MR) is 77.0 cm³/mol. The Bertz CT molecular complexity index is 240. The number of hydrogen-bond acceptors (Lipinski definition) is 2. The van der Waals surface area contributed by atoms with Gasteiger partial charge in [-0.05, 0) is 12.8 Å². The van der Waals surface area contributed by atoms with Crippen molar-refractivity contribution in [1.29, 1.82) is 0 Å². The lowest BCUT2D eigenvalue weighted by Crippen LogP contribution is -2.50. The Kier molecular flexibility index (Phi) is 7.68. The van der Waals surface area contributed by atoms with Crippen molar-refractivity contribution in [3.8, 4) is 0 Å². The van der Waals surface area contributed by atoms with Gasteiger partial charge >= 0.3 is 0 Å². The van der Waals surface area contributed by atoms with Crippen molar-refractivity contribution < 1.29 is 4.79 Å². The largest absolute Gasteiger partial charge is 0.340 e. The Hall–Kier alpha value is -0.280. The van der Waals surface area contributed by atoms with E-state index in [1.807, 2.05) is 0 Å². The highest BCUT2D eigenvalue weighted by atomic mass is 35.5. The van der Waals surface area contributed by atoms with Crippen molar-refractivity contribution in [3.63, 3.8) is 0 Å². The van der Waals surface area contributed by atoms with E-state index in [1.165, 1.54) is 6.42 Å². The van der Waals surface area contributed by atoms with Crippen LogP contribution in [0.25, 0.3) is 0 Å². The molecule has 0 bridgehead atoms. The zero-order valence-electron chi connectivity index (χ0n) is 11.8. The molecule has 1 aliphatic heterocycles. The minimum atomic E-state index is 0.240. The Labute approximate surface area is 116 Å². The Morgan fingerprint density at radius 1 is 1.22 bits per heavy atom. The van der Waals surface area contributed by atoms with Gasteiger partial charge in [0.25, 0.3) is 0 Å². The molecule has 0 N–H and O–H groups in total. The fourth-order valence-corrected chi connectivity index (χ4v) is 2.76. The average Bonchev–Trinajstić information content (AvgIpc) is 2.40. The molecule has 0 spiro atoms. The molecule has 1 fully saturated rings. The summed E-state index contributed by atoms with van der Waals surface area (Å²) in [5, 5.41) is 0. The van der Waals surface area contributed by atoms with Gasteiger partial charge in [0.15, 0.2) is 0 Å². The van der Waals surface area contributed by atoms with Crippen LogP contribution in [0, 0.1) is 5.92 Å². The predicted octanol–water partition coefficient (Wildman–Crippen LogP) is 2.59. The standard InChI is InChI=1S/C14H27ClN2O/c1-3-5-6-13(4-2)14(18)17-11-9-16(8-7-15)10-12-17/h13H,3-12H2,1-2H3. The van der Waals surface area contributed by atoms with Gasteiger partial charge in [-0.25, -0.2) is 0 Å². The number of carbonyl (C=O) groups is 1. The number of unbranched alkanes of at least 4 members (excludes halogenated alkanes) is 1. The highest BCUT2D eigenvalue weighted by molar-refractivity contribution is 6.18. The lowest BCUT2D eigenvalue weighted by atomic mass is 9.97. The summed E-state index contributed by atoms with van der Waals surface area (Å²) in [4.78, 5) is 16.8. The summed E-state index contributed by atoms with van der Waals surface area (Å²) in [6.45, 7) is 8.95. The van der Waals surface area contributed by atoms with Gasteiger partial charge in [-0.15, -0.1) is 11.6 Å². The fraction of sp³-hybridized carbons (Fsp3) is 0.929. The molecule has 0 aromatic carbocycles. The maximum Gasteiger partial charge on any atom is 0.225 e. The lowest BCUT2D eigenvalue weighted by Gasteiger charge is -2.36. The molecule has 1 saturated heterocycles. The van der Waals surface area contributed by atoms with E-state index in [2.05, 4.69) is 23.6 Å². The molecule has 1 heterocycles. The monoisotopic (exact) mass is 274 g/mol. The summed E-state index contributed by atoms with van der Waals surface area (Å²) in [6.07, 6.45) is 4.36. The number of piperazine rings is 1. The number of amides is 1. The second-order valence-electron chi connectivity index (χ2n) is 5.10. The quantitative estimate of drug-likeness (QED) is 0.666. The minimum absolute atomic E-state index is 0.240. The molecule has 106 valence electrons. The summed E-state index contributed by atoms with van der Waals surface area (Å²) in [7, 11) is 0. The van der Waals surface area contributed by atoms with E-state index in [-0.39, 0.29) is 5.92 Å².